The Morgan fingerprint density at radius 3 is 2.95 bits per heavy atom. The van der Waals surface area contributed by atoms with Gasteiger partial charge in [0, 0.05) is 18.3 Å². The van der Waals surface area contributed by atoms with Gasteiger partial charge in [-0.2, -0.15) is 0 Å². The first-order valence-electron chi connectivity index (χ1n) is 6.68. The SMILES string of the molecule is O=C(O)/C=C/c1cccc(NC(=O)[C@@H]2CCCNC2)c1. The summed E-state index contributed by atoms with van der Waals surface area (Å²) < 4.78 is 0. The van der Waals surface area contributed by atoms with Crippen LogP contribution in [-0.4, -0.2) is 30.1 Å². The Balaban J connectivity index is 2.00. The lowest BCUT2D eigenvalue weighted by molar-refractivity contribution is -0.131. The molecule has 2 rings (SSSR count). The summed E-state index contributed by atoms with van der Waals surface area (Å²) >= 11 is 0. The van der Waals surface area contributed by atoms with Crippen molar-refractivity contribution in [2.45, 2.75) is 12.8 Å². The van der Waals surface area contributed by atoms with Gasteiger partial charge in [-0.15, -0.1) is 0 Å². The van der Waals surface area contributed by atoms with Crippen LogP contribution in [0.1, 0.15) is 18.4 Å². The van der Waals surface area contributed by atoms with Crippen molar-refractivity contribution in [2.24, 2.45) is 5.92 Å². The van der Waals surface area contributed by atoms with Crippen LogP contribution in [0.2, 0.25) is 0 Å². The average molecular weight is 274 g/mol. The summed E-state index contributed by atoms with van der Waals surface area (Å²) in [6.07, 6.45) is 4.49. The fourth-order valence-electron chi connectivity index (χ4n) is 2.21. The number of carboxylic acids is 1. The molecule has 1 amide bonds. The van der Waals surface area contributed by atoms with Crippen LogP contribution in [-0.2, 0) is 9.59 Å². The third-order valence-corrected chi connectivity index (χ3v) is 3.24. The van der Waals surface area contributed by atoms with Crippen LogP contribution in [0.4, 0.5) is 5.69 Å². The summed E-state index contributed by atoms with van der Waals surface area (Å²) in [5.41, 5.74) is 1.43. The van der Waals surface area contributed by atoms with Gasteiger partial charge < -0.3 is 15.7 Å². The zero-order valence-electron chi connectivity index (χ0n) is 11.1. The average Bonchev–Trinajstić information content (AvgIpc) is 2.46. The molecule has 1 fully saturated rings. The van der Waals surface area contributed by atoms with Crippen LogP contribution in [0.25, 0.3) is 6.08 Å². The second kappa shape index (κ2) is 6.86. The highest BCUT2D eigenvalue weighted by atomic mass is 16.4. The molecule has 1 aromatic carbocycles. The van der Waals surface area contributed by atoms with E-state index in [4.69, 9.17) is 5.11 Å². The molecule has 0 radical (unpaired) electrons. The number of anilines is 1. The Hall–Kier alpha value is -2.14. The van der Waals surface area contributed by atoms with Crippen LogP contribution in [0.15, 0.2) is 30.3 Å². The highest BCUT2D eigenvalue weighted by molar-refractivity contribution is 5.93. The van der Waals surface area contributed by atoms with Gasteiger partial charge in [-0.25, -0.2) is 4.79 Å². The quantitative estimate of drug-likeness (QED) is 0.731. The maximum atomic E-state index is 12.1. The molecule has 1 saturated heterocycles. The largest absolute Gasteiger partial charge is 0.478 e. The van der Waals surface area contributed by atoms with Crippen LogP contribution >= 0.6 is 0 Å². The number of carbonyl (C=O) groups excluding carboxylic acids is 1. The number of aliphatic carboxylic acids is 1. The Bertz CT molecular complexity index is 520. The minimum Gasteiger partial charge on any atom is -0.478 e. The van der Waals surface area contributed by atoms with Gasteiger partial charge in [-0.3, -0.25) is 4.79 Å². The van der Waals surface area contributed by atoms with Crippen LogP contribution in [0.5, 0.6) is 0 Å². The van der Waals surface area contributed by atoms with E-state index in [2.05, 4.69) is 10.6 Å². The molecule has 1 atom stereocenters. The van der Waals surface area contributed by atoms with Crippen LogP contribution in [0.3, 0.4) is 0 Å². The summed E-state index contributed by atoms with van der Waals surface area (Å²) in [5.74, 6) is -0.980. The second-order valence-corrected chi connectivity index (χ2v) is 4.83. The normalized spacial score (nSPS) is 18.9. The predicted octanol–water partition coefficient (Wildman–Crippen LogP) is 1.72. The lowest BCUT2D eigenvalue weighted by atomic mass is 9.99. The number of benzene rings is 1. The number of carbonyl (C=O) groups is 2. The minimum atomic E-state index is -0.993. The second-order valence-electron chi connectivity index (χ2n) is 4.83. The van der Waals surface area contributed by atoms with Crippen molar-refractivity contribution in [1.29, 1.82) is 0 Å². The van der Waals surface area contributed by atoms with E-state index in [1.165, 1.54) is 6.08 Å². The molecule has 0 spiro atoms. The molecule has 20 heavy (non-hydrogen) atoms. The number of piperidine rings is 1. The van der Waals surface area contributed by atoms with Crippen molar-refractivity contribution in [3.8, 4) is 0 Å². The smallest absolute Gasteiger partial charge is 0.328 e. The van der Waals surface area contributed by atoms with Crippen molar-refractivity contribution < 1.29 is 14.7 Å². The van der Waals surface area contributed by atoms with E-state index in [-0.39, 0.29) is 11.8 Å². The summed E-state index contributed by atoms with van der Waals surface area (Å²) in [6, 6.07) is 7.13. The molecule has 0 aromatic heterocycles. The molecule has 1 aliphatic rings. The molecule has 0 bridgehead atoms. The first-order chi connectivity index (χ1) is 9.65. The fraction of sp³-hybridized carbons (Fsp3) is 0.333. The maximum absolute atomic E-state index is 12.1. The molecule has 1 aromatic rings. The third-order valence-electron chi connectivity index (χ3n) is 3.24. The Kier molecular flexibility index (Phi) is 4.90. The van der Waals surface area contributed by atoms with Crippen molar-refractivity contribution in [3.05, 3.63) is 35.9 Å². The molecule has 5 heteroatoms. The van der Waals surface area contributed by atoms with E-state index < -0.39 is 5.97 Å². The van der Waals surface area contributed by atoms with Gasteiger partial charge in [-0.05, 0) is 43.2 Å². The lowest BCUT2D eigenvalue weighted by Crippen LogP contribution is -2.37. The molecule has 5 nitrogen and oxygen atoms in total. The van der Waals surface area contributed by atoms with Crippen molar-refractivity contribution in [1.82, 2.24) is 5.32 Å². The zero-order chi connectivity index (χ0) is 14.4. The van der Waals surface area contributed by atoms with Gasteiger partial charge >= 0.3 is 5.97 Å². The number of hydrogen-bond donors (Lipinski definition) is 3. The summed E-state index contributed by atoms with van der Waals surface area (Å²) in [6.45, 7) is 1.68. The van der Waals surface area contributed by atoms with E-state index in [1.54, 1.807) is 24.3 Å². The zero-order valence-corrected chi connectivity index (χ0v) is 11.1. The van der Waals surface area contributed by atoms with Gasteiger partial charge in [0.1, 0.15) is 0 Å². The lowest BCUT2D eigenvalue weighted by Gasteiger charge is -2.21. The maximum Gasteiger partial charge on any atom is 0.328 e. The minimum absolute atomic E-state index is 0.00182. The summed E-state index contributed by atoms with van der Waals surface area (Å²) in [7, 11) is 0. The van der Waals surface area contributed by atoms with Crippen LogP contribution < -0.4 is 10.6 Å². The van der Waals surface area contributed by atoms with Crippen LogP contribution in [0, 0.1) is 5.92 Å². The Morgan fingerprint density at radius 1 is 1.40 bits per heavy atom. The highest BCUT2D eigenvalue weighted by Crippen LogP contribution is 2.16. The topological polar surface area (TPSA) is 78.4 Å². The molecule has 1 aliphatic heterocycles. The van der Waals surface area contributed by atoms with Gasteiger partial charge in [0.2, 0.25) is 5.91 Å². The number of rotatable bonds is 4. The molecule has 0 aliphatic carbocycles. The van der Waals surface area contributed by atoms with E-state index in [1.807, 2.05) is 0 Å². The summed E-state index contributed by atoms with van der Waals surface area (Å²) in [4.78, 5) is 22.6. The number of carboxylic acid groups (broad SMARTS) is 1. The van der Waals surface area contributed by atoms with Gasteiger partial charge in [0.25, 0.3) is 0 Å². The molecule has 0 unspecified atom stereocenters. The van der Waals surface area contributed by atoms with Crippen molar-refractivity contribution in [2.75, 3.05) is 18.4 Å². The van der Waals surface area contributed by atoms with Crippen molar-refractivity contribution in [3.63, 3.8) is 0 Å². The predicted molar refractivity (Wildman–Crippen MR) is 77.3 cm³/mol. The van der Waals surface area contributed by atoms with Crippen molar-refractivity contribution >= 4 is 23.6 Å². The monoisotopic (exact) mass is 274 g/mol. The molecule has 106 valence electrons. The number of hydrogen-bond acceptors (Lipinski definition) is 3. The number of nitrogens with one attached hydrogen (secondary N) is 2. The highest BCUT2D eigenvalue weighted by Gasteiger charge is 2.20. The van der Waals surface area contributed by atoms with E-state index in [0.29, 0.717) is 12.2 Å². The molecule has 0 saturated carbocycles. The Labute approximate surface area is 117 Å². The molecule has 1 heterocycles. The molecule has 3 N–H and O–H groups in total. The Morgan fingerprint density at radius 2 is 2.25 bits per heavy atom. The number of amides is 1. The van der Waals surface area contributed by atoms with Gasteiger partial charge in [-0.1, -0.05) is 12.1 Å². The molecular weight excluding hydrogens is 256 g/mol. The van der Waals surface area contributed by atoms with E-state index >= 15 is 0 Å². The van der Waals surface area contributed by atoms with Gasteiger partial charge in [0.05, 0.1) is 5.92 Å². The molecular formula is C15H18N2O3. The first-order valence-corrected chi connectivity index (χ1v) is 6.68. The first kappa shape index (κ1) is 14.3. The standard InChI is InChI=1S/C15H18N2O3/c18-14(19)7-6-11-3-1-5-13(9-11)17-15(20)12-4-2-8-16-10-12/h1,3,5-7,9,12,16H,2,4,8,10H2,(H,17,20)(H,18,19)/b7-6+/t12-/m1/s1. The fourth-order valence-corrected chi connectivity index (χ4v) is 2.21. The summed E-state index contributed by atoms with van der Waals surface area (Å²) in [5, 5.41) is 14.7. The van der Waals surface area contributed by atoms with E-state index in [0.717, 1.165) is 31.0 Å². The van der Waals surface area contributed by atoms with E-state index in [9.17, 15) is 9.59 Å². The third kappa shape index (κ3) is 4.20. The van der Waals surface area contributed by atoms with Gasteiger partial charge in [0.15, 0.2) is 0 Å².